The van der Waals surface area contributed by atoms with E-state index in [0.717, 1.165) is 0 Å². The van der Waals surface area contributed by atoms with E-state index in [-0.39, 0.29) is 17.8 Å². The molecule has 80 valence electrons. The number of hydrogen-bond donors (Lipinski definition) is 1. The summed E-state index contributed by atoms with van der Waals surface area (Å²) in [5.41, 5.74) is 5.61. The first-order chi connectivity index (χ1) is 6.61. The van der Waals surface area contributed by atoms with Crippen LogP contribution in [-0.4, -0.2) is 31.7 Å². The molecular formula is C9H15NO4. The van der Waals surface area contributed by atoms with Gasteiger partial charge in [-0.1, -0.05) is 0 Å². The summed E-state index contributed by atoms with van der Waals surface area (Å²) in [7, 11) is 1.33. The van der Waals surface area contributed by atoms with Crippen LogP contribution in [0.5, 0.6) is 0 Å². The molecule has 0 aromatic heterocycles. The standard InChI is InChI=1S/C9H15NO4/c1-3-14-9(12)7(10)5-4-6(5)8(11)13-2/h5-7H,3-4,10H2,1-2H3. The molecule has 5 heteroatoms. The van der Waals surface area contributed by atoms with E-state index in [0.29, 0.717) is 13.0 Å². The van der Waals surface area contributed by atoms with Gasteiger partial charge in [-0.15, -0.1) is 0 Å². The summed E-state index contributed by atoms with van der Waals surface area (Å²) in [6.45, 7) is 2.03. The molecule has 0 spiro atoms. The minimum absolute atomic E-state index is 0.110. The van der Waals surface area contributed by atoms with E-state index in [1.807, 2.05) is 0 Å². The van der Waals surface area contributed by atoms with E-state index < -0.39 is 12.0 Å². The van der Waals surface area contributed by atoms with E-state index in [4.69, 9.17) is 10.5 Å². The van der Waals surface area contributed by atoms with Crippen molar-refractivity contribution in [2.75, 3.05) is 13.7 Å². The third-order valence-corrected chi connectivity index (χ3v) is 2.36. The summed E-state index contributed by atoms with van der Waals surface area (Å²) in [5.74, 6) is -1.07. The number of methoxy groups -OCH3 is 1. The summed E-state index contributed by atoms with van der Waals surface area (Å²) < 4.78 is 9.30. The molecule has 0 heterocycles. The quantitative estimate of drug-likeness (QED) is 0.631. The van der Waals surface area contributed by atoms with Gasteiger partial charge in [0.15, 0.2) is 0 Å². The summed E-state index contributed by atoms with van der Waals surface area (Å²) in [5, 5.41) is 0. The van der Waals surface area contributed by atoms with Crippen LogP contribution in [-0.2, 0) is 19.1 Å². The van der Waals surface area contributed by atoms with Crippen molar-refractivity contribution >= 4 is 11.9 Å². The van der Waals surface area contributed by atoms with Crippen molar-refractivity contribution in [1.29, 1.82) is 0 Å². The third kappa shape index (κ3) is 2.23. The zero-order valence-corrected chi connectivity index (χ0v) is 8.36. The number of esters is 2. The summed E-state index contributed by atoms with van der Waals surface area (Å²) in [6, 6.07) is -0.695. The monoisotopic (exact) mass is 201 g/mol. The molecule has 0 amide bonds. The fraction of sp³-hybridized carbons (Fsp3) is 0.778. The van der Waals surface area contributed by atoms with E-state index in [9.17, 15) is 9.59 Å². The number of carbonyl (C=O) groups is 2. The lowest BCUT2D eigenvalue weighted by molar-refractivity contribution is -0.146. The van der Waals surface area contributed by atoms with Gasteiger partial charge in [0.05, 0.1) is 19.6 Å². The second-order valence-electron chi connectivity index (χ2n) is 3.31. The van der Waals surface area contributed by atoms with Gasteiger partial charge in [-0.05, 0) is 19.3 Å². The van der Waals surface area contributed by atoms with Gasteiger partial charge in [0.1, 0.15) is 6.04 Å². The van der Waals surface area contributed by atoms with Gasteiger partial charge in [0.2, 0.25) is 0 Å². The molecule has 1 fully saturated rings. The fourth-order valence-corrected chi connectivity index (χ4v) is 1.45. The molecule has 0 aromatic carbocycles. The van der Waals surface area contributed by atoms with Gasteiger partial charge >= 0.3 is 11.9 Å². The van der Waals surface area contributed by atoms with Crippen LogP contribution in [0.2, 0.25) is 0 Å². The zero-order valence-electron chi connectivity index (χ0n) is 8.36. The molecule has 0 bridgehead atoms. The highest BCUT2D eigenvalue weighted by Crippen LogP contribution is 2.41. The highest BCUT2D eigenvalue weighted by molar-refractivity contribution is 5.81. The number of rotatable bonds is 4. The smallest absolute Gasteiger partial charge is 0.323 e. The maximum atomic E-state index is 11.2. The third-order valence-electron chi connectivity index (χ3n) is 2.36. The van der Waals surface area contributed by atoms with Crippen LogP contribution in [0.1, 0.15) is 13.3 Å². The molecule has 2 N–H and O–H groups in total. The minimum Gasteiger partial charge on any atom is -0.469 e. The molecule has 3 atom stereocenters. The lowest BCUT2D eigenvalue weighted by Gasteiger charge is -2.09. The lowest BCUT2D eigenvalue weighted by Crippen LogP contribution is -2.35. The van der Waals surface area contributed by atoms with Crippen molar-refractivity contribution < 1.29 is 19.1 Å². The number of carbonyl (C=O) groups excluding carboxylic acids is 2. The number of nitrogens with two attached hydrogens (primary N) is 1. The summed E-state index contributed by atoms with van der Waals surface area (Å²) in [4.78, 5) is 22.2. The predicted molar refractivity (Wildman–Crippen MR) is 48.2 cm³/mol. The van der Waals surface area contributed by atoms with Gasteiger partial charge in [0.25, 0.3) is 0 Å². The van der Waals surface area contributed by atoms with Crippen LogP contribution < -0.4 is 5.73 Å². The van der Waals surface area contributed by atoms with Crippen LogP contribution in [0.4, 0.5) is 0 Å². The van der Waals surface area contributed by atoms with E-state index in [1.54, 1.807) is 6.92 Å². The Morgan fingerprint density at radius 1 is 1.57 bits per heavy atom. The number of ether oxygens (including phenoxy) is 2. The Bertz CT molecular complexity index is 241. The van der Waals surface area contributed by atoms with Crippen molar-refractivity contribution in [3.63, 3.8) is 0 Å². The largest absolute Gasteiger partial charge is 0.469 e. The molecule has 1 aliphatic carbocycles. The topological polar surface area (TPSA) is 78.6 Å². The van der Waals surface area contributed by atoms with Gasteiger partial charge in [0, 0.05) is 0 Å². The molecule has 0 aromatic rings. The lowest BCUT2D eigenvalue weighted by atomic mass is 10.1. The Morgan fingerprint density at radius 2 is 2.21 bits per heavy atom. The van der Waals surface area contributed by atoms with Crippen LogP contribution in [0.25, 0.3) is 0 Å². The second-order valence-corrected chi connectivity index (χ2v) is 3.31. The highest BCUT2D eigenvalue weighted by Gasteiger charge is 2.50. The van der Waals surface area contributed by atoms with Crippen LogP contribution in [0.3, 0.4) is 0 Å². The molecule has 1 aliphatic rings. The molecule has 1 rings (SSSR count). The SMILES string of the molecule is CCOC(=O)C(N)C1CC1C(=O)OC. The Kier molecular flexibility index (Phi) is 3.46. The minimum atomic E-state index is -0.695. The first-order valence-corrected chi connectivity index (χ1v) is 4.61. The first kappa shape index (κ1) is 11.0. The molecule has 3 unspecified atom stereocenters. The molecular weight excluding hydrogens is 186 g/mol. The first-order valence-electron chi connectivity index (χ1n) is 4.61. The molecule has 1 saturated carbocycles. The Morgan fingerprint density at radius 3 is 2.71 bits per heavy atom. The molecule has 0 aliphatic heterocycles. The highest BCUT2D eigenvalue weighted by atomic mass is 16.5. The molecule has 5 nitrogen and oxygen atoms in total. The van der Waals surface area contributed by atoms with Crippen LogP contribution >= 0.6 is 0 Å². The van der Waals surface area contributed by atoms with E-state index >= 15 is 0 Å². The van der Waals surface area contributed by atoms with Crippen molar-refractivity contribution in [2.45, 2.75) is 19.4 Å². The molecule has 0 saturated heterocycles. The van der Waals surface area contributed by atoms with Gasteiger partial charge in [-0.3, -0.25) is 9.59 Å². The van der Waals surface area contributed by atoms with Crippen molar-refractivity contribution in [3.05, 3.63) is 0 Å². The van der Waals surface area contributed by atoms with Crippen molar-refractivity contribution in [1.82, 2.24) is 0 Å². The average molecular weight is 201 g/mol. The van der Waals surface area contributed by atoms with E-state index in [2.05, 4.69) is 4.74 Å². The predicted octanol–water partition coefficient (Wildman–Crippen LogP) is -0.314. The average Bonchev–Trinajstić information content (AvgIpc) is 2.95. The normalized spacial score (nSPS) is 26.5. The van der Waals surface area contributed by atoms with Gasteiger partial charge < -0.3 is 15.2 Å². The fourth-order valence-electron chi connectivity index (χ4n) is 1.45. The Balaban J connectivity index is 2.38. The molecule has 0 radical (unpaired) electrons. The summed E-state index contributed by atoms with van der Waals surface area (Å²) >= 11 is 0. The van der Waals surface area contributed by atoms with Crippen molar-refractivity contribution in [2.24, 2.45) is 17.6 Å². The maximum absolute atomic E-state index is 11.2. The van der Waals surface area contributed by atoms with Gasteiger partial charge in [-0.25, -0.2) is 0 Å². The Labute approximate surface area is 82.5 Å². The number of hydrogen-bond acceptors (Lipinski definition) is 5. The van der Waals surface area contributed by atoms with Crippen LogP contribution in [0.15, 0.2) is 0 Å². The van der Waals surface area contributed by atoms with Gasteiger partial charge in [-0.2, -0.15) is 0 Å². The zero-order chi connectivity index (χ0) is 10.7. The molecule has 14 heavy (non-hydrogen) atoms. The Hall–Kier alpha value is -1.10. The maximum Gasteiger partial charge on any atom is 0.323 e. The second kappa shape index (κ2) is 4.41. The van der Waals surface area contributed by atoms with E-state index in [1.165, 1.54) is 7.11 Å². The van der Waals surface area contributed by atoms with Crippen molar-refractivity contribution in [3.8, 4) is 0 Å². The summed E-state index contributed by atoms with van der Waals surface area (Å²) in [6.07, 6.45) is 0.618. The van der Waals surface area contributed by atoms with Crippen LogP contribution in [0, 0.1) is 11.8 Å².